The molecule has 2 fully saturated rings. The summed E-state index contributed by atoms with van der Waals surface area (Å²) in [5.74, 6) is 0.737. The van der Waals surface area contributed by atoms with E-state index in [-0.39, 0.29) is 17.4 Å². The Morgan fingerprint density at radius 3 is 2.56 bits per heavy atom. The van der Waals surface area contributed by atoms with Crippen LogP contribution in [0.2, 0.25) is 0 Å². The van der Waals surface area contributed by atoms with Gasteiger partial charge in [-0.2, -0.15) is 0 Å². The molecule has 0 bridgehead atoms. The van der Waals surface area contributed by atoms with Crippen molar-refractivity contribution in [2.75, 3.05) is 12.9 Å². The van der Waals surface area contributed by atoms with Crippen LogP contribution >= 0.6 is 0 Å². The SMILES string of the molecule is CC1OCCC1C(N)C1CCCC(S(C)(=O)=O)C1. The maximum Gasteiger partial charge on any atom is 0.150 e. The molecule has 0 spiro atoms. The minimum Gasteiger partial charge on any atom is -0.378 e. The van der Waals surface area contributed by atoms with Crippen LogP contribution in [0.25, 0.3) is 0 Å². The second-order valence-electron chi connectivity index (χ2n) is 5.98. The molecule has 0 radical (unpaired) electrons. The summed E-state index contributed by atoms with van der Waals surface area (Å²) < 4.78 is 28.9. The molecule has 1 saturated carbocycles. The van der Waals surface area contributed by atoms with E-state index >= 15 is 0 Å². The summed E-state index contributed by atoms with van der Waals surface area (Å²) in [5.41, 5.74) is 6.37. The first-order valence-electron chi connectivity index (χ1n) is 6.95. The van der Waals surface area contributed by atoms with Gasteiger partial charge in [-0.05, 0) is 38.5 Å². The molecule has 0 aromatic carbocycles. The van der Waals surface area contributed by atoms with Crippen molar-refractivity contribution >= 4 is 9.84 Å². The van der Waals surface area contributed by atoms with Crippen LogP contribution in [0, 0.1) is 11.8 Å². The van der Waals surface area contributed by atoms with Gasteiger partial charge in [0.1, 0.15) is 9.84 Å². The fourth-order valence-electron chi connectivity index (χ4n) is 3.52. The van der Waals surface area contributed by atoms with Crippen molar-refractivity contribution in [3.05, 3.63) is 0 Å². The molecular formula is C13H25NO3S. The molecule has 106 valence electrons. The first-order valence-corrected chi connectivity index (χ1v) is 8.91. The maximum absolute atomic E-state index is 11.7. The quantitative estimate of drug-likeness (QED) is 0.844. The van der Waals surface area contributed by atoms with Crippen LogP contribution in [0.4, 0.5) is 0 Å². The Kier molecular flexibility index (Phi) is 4.34. The van der Waals surface area contributed by atoms with Crippen molar-refractivity contribution in [2.45, 2.75) is 56.4 Å². The summed E-state index contributed by atoms with van der Waals surface area (Å²) in [7, 11) is -2.92. The van der Waals surface area contributed by atoms with E-state index < -0.39 is 9.84 Å². The Balaban J connectivity index is 2.00. The molecule has 1 aliphatic carbocycles. The number of sulfone groups is 1. The van der Waals surface area contributed by atoms with E-state index in [1.165, 1.54) is 6.26 Å². The van der Waals surface area contributed by atoms with E-state index in [2.05, 4.69) is 6.92 Å². The minimum absolute atomic E-state index is 0.0899. The van der Waals surface area contributed by atoms with Crippen molar-refractivity contribution in [1.82, 2.24) is 0 Å². The average Bonchev–Trinajstić information content (AvgIpc) is 2.73. The number of rotatable bonds is 3. The normalized spacial score (nSPS) is 39.7. The summed E-state index contributed by atoms with van der Waals surface area (Å²) >= 11 is 0. The Morgan fingerprint density at radius 2 is 2.00 bits per heavy atom. The molecule has 1 heterocycles. The Hall–Kier alpha value is -0.130. The van der Waals surface area contributed by atoms with Crippen LogP contribution in [0.5, 0.6) is 0 Å². The summed E-state index contributed by atoms with van der Waals surface area (Å²) in [6, 6.07) is 0.0899. The van der Waals surface area contributed by atoms with Crippen LogP contribution in [-0.2, 0) is 14.6 Å². The molecule has 0 aromatic rings. The highest BCUT2D eigenvalue weighted by Gasteiger charge is 2.38. The van der Waals surface area contributed by atoms with Gasteiger partial charge in [0.05, 0.1) is 11.4 Å². The summed E-state index contributed by atoms with van der Waals surface area (Å²) in [5, 5.41) is -0.181. The van der Waals surface area contributed by atoms with Gasteiger partial charge in [0.25, 0.3) is 0 Å². The third-order valence-corrected chi connectivity index (χ3v) is 6.38. The Morgan fingerprint density at radius 1 is 1.28 bits per heavy atom. The maximum atomic E-state index is 11.7. The Labute approximate surface area is 110 Å². The van der Waals surface area contributed by atoms with Gasteiger partial charge in [0, 0.05) is 24.8 Å². The molecule has 1 saturated heterocycles. The molecule has 5 atom stereocenters. The van der Waals surface area contributed by atoms with Crippen LogP contribution in [0.3, 0.4) is 0 Å². The van der Waals surface area contributed by atoms with Crippen LogP contribution in [0.1, 0.15) is 39.0 Å². The zero-order valence-electron chi connectivity index (χ0n) is 11.3. The molecule has 4 nitrogen and oxygen atoms in total. The first kappa shape index (κ1) is 14.3. The van der Waals surface area contributed by atoms with E-state index in [1.54, 1.807) is 0 Å². The van der Waals surface area contributed by atoms with Crippen molar-refractivity contribution in [1.29, 1.82) is 0 Å². The van der Waals surface area contributed by atoms with E-state index in [0.29, 0.717) is 11.8 Å². The molecule has 1 aliphatic heterocycles. The van der Waals surface area contributed by atoms with E-state index in [9.17, 15) is 8.42 Å². The highest BCUT2D eigenvalue weighted by molar-refractivity contribution is 7.91. The van der Waals surface area contributed by atoms with Crippen LogP contribution in [-0.4, -0.2) is 38.7 Å². The molecule has 2 aliphatic rings. The van der Waals surface area contributed by atoms with Gasteiger partial charge in [-0.1, -0.05) is 6.42 Å². The third kappa shape index (κ3) is 3.06. The molecule has 18 heavy (non-hydrogen) atoms. The molecule has 0 amide bonds. The monoisotopic (exact) mass is 275 g/mol. The van der Waals surface area contributed by atoms with Gasteiger partial charge < -0.3 is 10.5 Å². The lowest BCUT2D eigenvalue weighted by molar-refractivity contribution is 0.0892. The van der Waals surface area contributed by atoms with E-state index in [1.807, 2.05) is 0 Å². The van der Waals surface area contributed by atoms with E-state index in [4.69, 9.17) is 10.5 Å². The first-order chi connectivity index (χ1) is 8.39. The number of ether oxygens (including phenoxy) is 1. The van der Waals surface area contributed by atoms with Gasteiger partial charge in [-0.25, -0.2) is 8.42 Å². The highest BCUT2D eigenvalue weighted by atomic mass is 32.2. The molecule has 2 rings (SSSR count). The molecule has 5 unspecified atom stereocenters. The summed E-state index contributed by atoms with van der Waals surface area (Å²) in [4.78, 5) is 0. The van der Waals surface area contributed by atoms with Crippen LogP contribution < -0.4 is 5.73 Å². The molecule has 2 N–H and O–H groups in total. The highest BCUT2D eigenvalue weighted by Crippen LogP contribution is 2.35. The summed E-state index contributed by atoms with van der Waals surface area (Å²) in [6.07, 6.45) is 6.18. The second kappa shape index (κ2) is 5.47. The summed E-state index contributed by atoms with van der Waals surface area (Å²) in [6.45, 7) is 2.87. The smallest absolute Gasteiger partial charge is 0.150 e. The fourth-order valence-corrected chi connectivity index (χ4v) is 4.71. The second-order valence-corrected chi connectivity index (χ2v) is 8.31. The van der Waals surface area contributed by atoms with Crippen molar-refractivity contribution in [3.8, 4) is 0 Å². The predicted octanol–water partition coefficient (Wildman–Crippen LogP) is 1.34. The lowest BCUT2D eigenvalue weighted by Gasteiger charge is -2.35. The average molecular weight is 275 g/mol. The number of hydrogen-bond donors (Lipinski definition) is 1. The van der Waals surface area contributed by atoms with Crippen molar-refractivity contribution < 1.29 is 13.2 Å². The van der Waals surface area contributed by atoms with E-state index in [0.717, 1.165) is 38.7 Å². The predicted molar refractivity (Wildman–Crippen MR) is 72.1 cm³/mol. The van der Waals surface area contributed by atoms with Gasteiger partial charge >= 0.3 is 0 Å². The minimum atomic E-state index is -2.92. The fraction of sp³-hybridized carbons (Fsp3) is 1.00. The third-order valence-electron chi connectivity index (χ3n) is 4.75. The zero-order chi connectivity index (χ0) is 13.3. The lowest BCUT2D eigenvalue weighted by atomic mass is 9.77. The largest absolute Gasteiger partial charge is 0.378 e. The van der Waals surface area contributed by atoms with Gasteiger partial charge in [0.2, 0.25) is 0 Å². The molecule has 0 aromatic heterocycles. The lowest BCUT2D eigenvalue weighted by Crippen LogP contribution is -2.44. The van der Waals surface area contributed by atoms with Gasteiger partial charge in [0.15, 0.2) is 0 Å². The number of nitrogens with two attached hydrogens (primary N) is 1. The van der Waals surface area contributed by atoms with Gasteiger partial charge in [-0.15, -0.1) is 0 Å². The van der Waals surface area contributed by atoms with Gasteiger partial charge in [-0.3, -0.25) is 0 Å². The Bertz CT molecular complexity index is 382. The standard InChI is InChI=1S/C13H25NO3S/c1-9-12(6-7-17-9)13(14)10-4-3-5-11(8-10)18(2,15)16/h9-13H,3-8,14H2,1-2H3. The van der Waals surface area contributed by atoms with Crippen molar-refractivity contribution in [2.24, 2.45) is 17.6 Å². The molecule has 5 heteroatoms. The molecular weight excluding hydrogens is 250 g/mol. The van der Waals surface area contributed by atoms with Crippen LogP contribution in [0.15, 0.2) is 0 Å². The topological polar surface area (TPSA) is 69.4 Å². The number of hydrogen-bond acceptors (Lipinski definition) is 4. The van der Waals surface area contributed by atoms with Crippen molar-refractivity contribution in [3.63, 3.8) is 0 Å². The zero-order valence-corrected chi connectivity index (χ0v) is 12.2.